The van der Waals surface area contributed by atoms with E-state index in [2.05, 4.69) is 10.0 Å². The van der Waals surface area contributed by atoms with Crippen molar-refractivity contribution in [1.29, 1.82) is 5.26 Å². The average Bonchev–Trinajstić information content (AvgIpc) is 2.80. The molecule has 0 saturated carbocycles. The summed E-state index contributed by atoms with van der Waals surface area (Å²) in [7, 11) is -3.63. The van der Waals surface area contributed by atoms with Crippen LogP contribution in [0.4, 0.5) is 0 Å². The van der Waals surface area contributed by atoms with Gasteiger partial charge in [-0.3, -0.25) is 0 Å². The Hall–Kier alpha value is -1.13. The Kier molecular flexibility index (Phi) is 3.88. The minimum absolute atomic E-state index is 0.00932. The van der Waals surface area contributed by atoms with Crippen LogP contribution in [0.1, 0.15) is 12.0 Å². The van der Waals surface area contributed by atoms with Crippen LogP contribution in [0.25, 0.3) is 0 Å². The van der Waals surface area contributed by atoms with Gasteiger partial charge in [-0.2, -0.15) is 5.26 Å². The Morgan fingerprint density at radius 2 is 2.28 bits per heavy atom. The molecular formula is C11H12ClN3O2S. The molecule has 1 saturated heterocycles. The summed E-state index contributed by atoms with van der Waals surface area (Å²) in [6.45, 7) is 1.42. The molecule has 1 aliphatic heterocycles. The van der Waals surface area contributed by atoms with Crippen molar-refractivity contribution < 1.29 is 8.42 Å². The van der Waals surface area contributed by atoms with Gasteiger partial charge in [0.15, 0.2) is 0 Å². The van der Waals surface area contributed by atoms with Gasteiger partial charge in [0, 0.05) is 12.6 Å². The van der Waals surface area contributed by atoms with Crippen molar-refractivity contribution in [2.45, 2.75) is 17.4 Å². The summed E-state index contributed by atoms with van der Waals surface area (Å²) in [5, 5.41) is 11.8. The molecular weight excluding hydrogens is 274 g/mol. The number of hydrogen-bond donors (Lipinski definition) is 2. The van der Waals surface area contributed by atoms with Crippen molar-refractivity contribution >= 4 is 21.6 Å². The molecule has 7 heteroatoms. The largest absolute Gasteiger partial charge is 0.315 e. The first kappa shape index (κ1) is 13.3. The molecule has 1 aromatic rings. The number of sulfonamides is 1. The molecule has 2 N–H and O–H groups in total. The third-order valence-corrected chi connectivity index (χ3v) is 4.74. The van der Waals surface area contributed by atoms with Crippen molar-refractivity contribution in [1.82, 2.24) is 10.0 Å². The van der Waals surface area contributed by atoms with Crippen LogP contribution in [0, 0.1) is 11.3 Å². The van der Waals surface area contributed by atoms with Gasteiger partial charge in [-0.25, -0.2) is 13.1 Å². The Bertz CT molecular complexity index is 589. The summed E-state index contributed by atoms with van der Waals surface area (Å²) in [4.78, 5) is 0.00932. The van der Waals surface area contributed by atoms with Gasteiger partial charge in [-0.05, 0) is 31.2 Å². The maximum atomic E-state index is 12.1. The standard InChI is InChI=1S/C11H12ClN3O2S/c12-10-5-8(6-13)1-2-11(10)18(16,17)15-9-3-4-14-7-9/h1-2,5,9,14-15H,3-4,7H2/t9-/m1/s1. The maximum absolute atomic E-state index is 12.1. The van der Waals surface area contributed by atoms with E-state index in [0.29, 0.717) is 12.1 Å². The zero-order valence-electron chi connectivity index (χ0n) is 9.48. The van der Waals surface area contributed by atoms with Gasteiger partial charge in [0.05, 0.1) is 16.7 Å². The lowest BCUT2D eigenvalue weighted by Gasteiger charge is -2.13. The quantitative estimate of drug-likeness (QED) is 0.863. The second-order valence-corrected chi connectivity index (χ2v) is 6.16. The number of benzene rings is 1. The molecule has 1 fully saturated rings. The second-order valence-electron chi connectivity index (χ2n) is 4.07. The Balaban J connectivity index is 2.27. The minimum Gasteiger partial charge on any atom is -0.315 e. The molecule has 0 aromatic heterocycles. The van der Waals surface area contributed by atoms with Crippen molar-refractivity contribution in [3.05, 3.63) is 28.8 Å². The fourth-order valence-corrected chi connectivity index (χ4v) is 3.64. The molecule has 1 aromatic carbocycles. The highest BCUT2D eigenvalue weighted by atomic mass is 35.5. The number of rotatable bonds is 3. The first-order valence-electron chi connectivity index (χ1n) is 5.45. The number of halogens is 1. The Labute approximate surface area is 111 Å². The normalized spacial score (nSPS) is 19.7. The molecule has 96 valence electrons. The van der Waals surface area contributed by atoms with Crippen LogP contribution >= 0.6 is 11.6 Å². The minimum atomic E-state index is -3.63. The molecule has 18 heavy (non-hydrogen) atoms. The van der Waals surface area contributed by atoms with E-state index >= 15 is 0 Å². The summed E-state index contributed by atoms with van der Waals surface area (Å²) in [5.74, 6) is 0. The third-order valence-electron chi connectivity index (χ3n) is 2.73. The predicted octanol–water partition coefficient (Wildman–Crippen LogP) is 0.852. The molecule has 1 atom stereocenters. The third kappa shape index (κ3) is 2.82. The van der Waals surface area contributed by atoms with E-state index in [1.165, 1.54) is 18.2 Å². The number of nitrogens with one attached hydrogen (secondary N) is 2. The van der Waals surface area contributed by atoms with Crippen LogP contribution in [-0.4, -0.2) is 27.5 Å². The van der Waals surface area contributed by atoms with E-state index in [0.717, 1.165) is 13.0 Å². The van der Waals surface area contributed by atoms with Gasteiger partial charge >= 0.3 is 0 Å². The van der Waals surface area contributed by atoms with Gasteiger partial charge < -0.3 is 5.32 Å². The van der Waals surface area contributed by atoms with Crippen molar-refractivity contribution in [2.24, 2.45) is 0 Å². The number of hydrogen-bond acceptors (Lipinski definition) is 4. The molecule has 0 spiro atoms. The first-order valence-corrected chi connectivity index (χ1v) is 7.32. The average molecular weight is 286 g/mol. The number of nitriles is 1. The Morgan fingerprint density at radius 1 is 1.50 bits per heavy atom. The molecule has 0 radical (unpaired) electrons. The van der Waals surface area contributed by atoms with E-state index in [9.17, 15) is 8.42 Å². The summed E-state index contributed by atoms with van der Waals surface area (Å²) in [6, 6.07) is 5.94. The second kappa shape index (κ2) is 5.24. The van der Waals surface area contributed by atoms with Crippen LogP contribution in [0.3, 0.4) is 0 Å². The molecule has 0 unspecified atom stereocenters. The molecule has 5 nitrogen and oxygen atoms in total. The maximum Gasteiger partial charge on any atom is 0.242 e. The van der Waals surface area contributed by atoms with Crippen molar-refractivity contribution in [2.75, 3.05) is 13.1 Å². The van der Waals surface area contributed by atoms with Gasteiger partial charge in [-0.1, -0.05) is 11.6 Å². The smallest absolute Gasteiger partial charge is 0.242 e. The lowest BCUT2D eigenvalue weighted by Crippen LogP contribution is -2.36. The zero-order valence-corrected chi connectivity index (χ0v) is 11.1. The predicted molar refractivity (Wildman–Crippen MR) is 67.8 cm³/mol. The van der Waals surface area contributed by atoms with Crippen LogP contribution < -0.4 is 10.0 Å². The highest BCUT2D eigenvalue weighted by molar-refractivity contribution is 7.89. The fourth-order valence-electron chi connectivity index (χ4n) is 1.83. The van der Waals surface area contributed by atoms with Crippen LogP contribution in [0.15, 0.2) is 23.1 Å². The molecule has 0 aliphatic carbocycles. The van der Waals surface area contributed by atoms with Crippen molar-refractivity contribution in [3.8, 4) is 6.07 Å². The topological polar surface area (TPSA) is 82.0 Å². The molecule has 1 heterocycles. The highest BCUT2D eigenvalue weighted by Crippen LogP contribution is 2.22. The first-order chi connectivity index (χ1) is 8.53. The van der Waals surface area contributed by atoms with E-state index in [1.807, 2.05) is 6.07 Å². The van der Waals surface area contributed by atoms with Crippen LogP contribution in [0.5, 0.6) is 0 Å². The SMILES string of the molecule is N#Cc1ccc(S(=O)(=O)N[C@@H]2CCNC2)c(Cl)c1. The summed E-state index contributed by atoms with van der Waals surface area (Å²) in [6.07, 6.45) is 0.757. The highest BCUT2D eigenvalue weighted by Gasteiger charge is 2.24. The van der Waals surface area contributed by atoms with E-state index in [-0.39, 0.29) is 16.0 Å². The molecule has 1 aliphatic rings. The van der Waals surface area contributed by atoms with Gasteiger partial charge in [0.2, 0.25) is 10.0 Å². The van der Waals surface area contributed by atoms with E-state index in [1.54, 1.807) is 0 Å². The summed E-state index contributed by atoms with van der Waals surface area (Å²) in [5.41, 5.74) is 0.335. The van der Waals surface area contributed by atoms with Crippen LogP contribution in [0.2, 0.25) is 5.02 Å². The molecule has 0 bridgehead atoms. The monoisotopic (exact) mass is 285 g/mol. The summed E-state index contributed by atoms with van der Waals surface area (Å²) < 4.78 is 26.8. The van der Waals surface area contributed by atoms with Gasteiger partial charge in [0.25, 0.3) is 0 Å². The lowest BCUT2D eigenvalue weighted by molar-refractivity contribution is 0.560. The van der Waals surface area contributed by atoms with Crippen molar-refractivity contribution in [3.63, 3.8) is 0 Å². The fraction of sp³-hybridized carbons (Fsp3) is 0.364. The summed E-state index contributed by atoms with van der Waals surface area (Å²) >= 11 is 5.89. The number of nitrogens with zero attached hydrogens (tertiary/aromatic N) is 1. The molecule has 2 rings (SSSR count). The van der Waals surface area contributed by atoms with E-state index < -0.39 is 10.0 Å². The van der Waals surface area contributed by atoms with Crippen LogP contribution in [-0.2, 0) is 10.0 Å². The zero-order chi connectivity index (χ0) is 13.2. The van der Waals surface area contributed by atoms with Gasteiger partial charge in [-0.15, -0.1) is 0 Å². The Morgan fingerprint density at radius 3 is 2.83 bits per heavy atom. The lowest BCUT2D eigenvalue weighted by atomic mass is 10.2. The van der Waals surface area contributed by atoms with Gasteiger partial charge in [0.1, 0.15) is 4.90 Å². The molecule has 0 amide bonds. The van der Waals surface area contributed by atoms with E-state index in [4.69, 9.17) is 16.9 Å².